The molecule has 0 unspecified atom stereocenters. The third-order valence-electron chi connectivity index (χ3n) is 8.03. The van der Waals surface area contributed by atoms with E-state index in [0.717, 1.165) is 17.5 Å². The van der Waals surface area contributed by atoms with Crippen molar-refractivity contribution in [2.24, 2.45) is 0 Å². The van der Waals surface area contributed by atoms with Gasteiger partial charge >= 0.3 is 175 Å². The molecule has 0 fully saturated rings. The summed E-state index contributed by atoms with van der Waals surface area (Å²) in [5.41, 5.74) is 6.61. The van der Waals surface area contributed by atoms with E-state index in [0.29, 0.717) is 11.1 Å². The van der Waals surface area contributed by atoms with Crippen LogP contribution in [0.25, 0.3) is 21.5 Å². The molecule has 5 aromatic carbocycles. The Hall–Kier alpha value is -0.697. The van der Waals surface area contributed by atoms with Crippen molar-refractivity contribution in [1.82, 2.24) is 0 Å². The zero-order valence-electron chi connectivity index (χ0n) is 28.6. The summed E-state index contributed by atoms with van der Waals surface area (Å²) in [5.74, 6) is 0. The Morgan fingerprint density at radius 1 is 0.580 bits per heavy atom. The maximum atomic E-state index is 5.86. The first kappa shape index (κ1) is 45.5. The van der Waals surface area contributed by atoms with E-state index in [2.05, 4.69) is 96.2 Å². The number of benzene rings is 4. The minimum atomic E-state index is -1.41. The molecule has 6 rings (SSSR count). The molecule has 0 radical (unpaired) electrons. The SMILES string of the molecule is CC(C)(C)c1ccc2[cH-]c3ccc(C(C)(C)C)cc3c2c1.ClC(Cl)(Cl)c1ccc([C](=[Zr+2])c2ccc(C(Cl)(Cl)Cl)cc2)cc1.[C-]1=CC=CC1.[Cl-].[Cl-]. The van der Waals surface area contributed by atoms with E-state index in [4.69, 9.17) is 69.6 Å². The number of allylic oxidation sites excluding steroid dienone is 4. The second kappa shape index (κ2) is 18.6. The van der Waals surface area contributed by atoms with Crippen molar-refractivity contribution >= 4 is 94.4 Å². The fourth-order valence-electron chi connectivity index (χ4n) is 5.09. The molecule has 0 spiro atoms. The van der Waals surface area contributed by atoms with Crippen LogP contribution in [0.1, 0.15) is 81.3 Å². The number of hydrogen-bond donors (Lipinski definition) is 0. The van der Waals surface area contributed by atoms with Crippen molar-refractivity contribution in [3.63, 3.8) is 0 Å². The fraction of sp³-hybridized carbons (Fsp3) is 0.268. The predicted octanol–water partition coefficient (Wildman–Crippen LogP) is 8.08. The molecule has 0 saturated carbocycles. The molecule has 0 saturated heterocycles. The van der Waals surface area contributed by atoms with Crippen molar-refractivity contribution in [3.8, 4) is 0 Å². The quantitative estimate of drug-likeness (QED) is 0.124. The van der Waals surface area contributed by atoms with Gasteiger partial charge in [0.15, 0.2) is 0 Å². The van der Waals surface area contributed by atoms with Crippen molar-refractivity contribution in [1.29, 1.82) is 0 Å². The van der Waals surface area contributed by atoms with Gasteiger partial charge in [-0.2, -0.15) is 6.08 Å². The first-order valence-electron chi connectivity index (χ1n) is 15.5. The van der Waals surface area contributed by atoms with Gasteiger partial charge < -0.3 is 24.8 Å². The second-order valence-electron chi connectivity index (χ2n) is 13.8. The van der Waals surface area contributed by atoms with Crippen molar-refractivity contribution in [3.05, 3.63) is 149 Å². The van der Waals surface area contributed by atoms with Crippen LogP contribution in [0.5, 0.6) is 0 Å². The summed E-state index contributed by atoms with van der Waals surface area (Å²) >= 11 is 36.4. The topological polar surface area (TPSA) is 0 Å². The van der Waals surface area contributed by atoms with E-state index < -0.39 is 7.59 Å². The minimum Gasteiger partial charge on any atom is -1.00 e. The van der Waals surface area contributed by atoms with Crippen LogP contribution in [0, 0.1) is 6.08 Å². The number of halogens is 8. The van der Waals surface area contributed by atoms with Gasteiger partial charge in [0.2, 0.25) is 0 Å². The van der Waals surface area contributed by atoms with Crippen LogP contribution in [0.3, 0.4) is 0 Å². The fourth-order valence-corrected chi connectivity index (χ4v) is 6.67. The first-order chi connectivity index (χ1) is 22.2. The van der Waals surface area contributed by atoms with E-state index >= 15 is 0 Å². The Balaban J connectivity index is 0.000000293. The zero-order chi connectivity index (χ0) is 35.5. The number of alkyl halides is 6. The van der Waals surface area contributed by atoms with E-state index in [-0.39, 0.29) is 35.6 Å². The smallest absolute Gasteiger partial charge is 0.109 e. The van der Waals surface area contributed by atoms with Crippen molar-refractivity contribution in [2.75, 3.05) is 0 Å². The average Bonchev–Trinajstić information content (AvgIpc) is 3.71. The van der Waals surface area contributed by atoms with Gasteiger partial charge in [0, 0.05) is 0 Å². The third kappa shape index (κ3) is 12.4. The number of rotatable bonds is 2. The maximum absolute atomic E-state index is 5.86. The van der Waals surface area contributed by atoms with Crippen LogP contribution >= 0.6 is 69.6 Å². The molecule has 50 heavy (non-hydrogen) atoms. The number of fused-ring (bicyclic) bond motifs is 3. The number of hydrogen-bond acceptors (Lipinski definition) is 0. The summed E-state index contributed by atoms with van der Waals surface area (Å²) in [6, 6.07) is 31.1. The van der Waals surface area contributed by atoms with Crippen molar-refractivity contribution in [2.45, 2.75) is 66.4 Å². The Kier molecular flexibility index (Phi) is 16.9. The Morgan fingerprint density at radius 2 is 0.940 bits per heavy atom. The minimum absolute atomic E-state index is 0. The van der Waals surface area contributed by atoms with Crippen LogP contribution in [-0.4, -0.2) is 3.21 Å². The molecule has 0 nitrogen and oxygen atoms in total. The maximum Gasteiger partial charge on any atom is -0.109 e. The largest absolute Gasteiger partial charge is 1.00 e. The van der Waals surface area contributed by atoms with Gasteiger partial charge in [-0.25, -0.2) is 12.2 Å². The van der Waals surface area contributed by atoms with Crippen LogP contribution < -0.4 is 24.8 Å². The average molecular weight is 906 g/mol. The third-order valence-corrected chi connectivity index (χ3v) is 10.8. The predicted molar refractivity (Wildman–Crippen MR) is 211 cm³/mol. The molecule has 0 heterocycles. The van der Waals surface area contributed by atoms with E-state index in [1.54, 1.807) is 0 Å². The van der Waals surface area contributed by atoms with Crippen LogP contribution in [0.2, 0.25) is 0 Å². The van der Waals surface area contributed by atoms with Crippen LogP contribution in [0.15, 0.2) is 109 Å². The molecule has 0 bridgehead atoms. The van der Waals surface area contributed by atoms with Crippen molar-refractivity contribution < 1.29 is 49.0 Å². The summed E-state index contributed by atoms with van der Waals surface area (Å²) in [5, 5.41) is 5.49. The molecule has 5 aromatic rings. The molecule has 9 heteroatoms. The molecule has 1 aliphatic carbocycles. The molecule has 264 valence electrons. The van der Waals surface area contributed by atoms with Gasteiger partial charge in [0.25, 0.3) is 0 Å². The molecule has 0 aliphatic heterocycles. The normalized spacial score (nSPS) is 12.8. The van der Waals surface area contributed by atoms with E-state index in [9.17, 15) is 0 Å². The summed E-state index contributed by atoms with van der Waals surface area (Å²) in [6.45, 7) is 13.7. The zero-order valence-corrected chi connectivity index (χ0v) is 37.1. The molecular formula is C41H38Cl8Zr-2. The Labute approximate surface area is 355 Å². The Bertz CT molecular complexity index is 1790. The van der Waals surface area contributed by atoms with Gasteiger partial charge in [-0.05, 0) is 10.8 Å². The Morgan fingerprint density at radius 3 is 1.20 bits per heavy atom. The molecule has 0 N–H and O–H groups in total. The monoisotopic (exact) mass is 900 g/mol. The molecule has 1 aliphatic rings. The summed E-state index contributed by atoms with van der Waals surface area (Å²) < 4.78 is -1.66. The molecule has 0 amide bonds. The van der Waals surface area contributed by atoms with Gasteiger partial charge in [0.05, 0.1) is 0 Å². The van der Waals surface area contributed by atoms with Gasteiger partial charge in [0.1, 0.15) is 0 Å². The summed E-state index contributed by atoms with van der Waals surface area (Å²) in [4.78, 5) is 0. The molecular weight excluding hydrogens is 867 g/mol. The summed E-state index contributed by atoms with van der Waals surface area (Å²) in [6.07, 6.45) is 10.0. The first-order valence-corrected chi connectivity index (χ1v) is 19.0. The second-order valence-corrected chi connectivity index (χ2v) is 19.6. The molecule has 0 atom stereocenters. The van der Waals surface area contributed by atoms with Gasteiger partial charge in [-0.15, -0.1) is 46.2 Å². The van der Waals surface area contributed by atoms with Gasteiger partial charge in [-0.3, -0.25) is 6.08 Å². The van der Waals surface area contributed by atoms with Crippen LogP contribution in [-0.2, 0) is 42.7 Å². The molecule has 0 aromatic heterocycles. The summed E-state index contributed by atoms with van der Waals surface area (Å²) in [7, 11) is 0. The van der Waals surface area contributed by atoms with Crippen LogP contribution in [0.4, 0.5) is 0 Å². The van der Waals surface area contributed by atoms with E-state index in [1.165, 1.54) is 60.1 Å². The standard InChI is InChI=1S/C21H25.C15H8Cl6.C5H5.2ClH.Zr/c1-20(2,3)16-9-7-14-11-15-8-10-17(21(4,5)6)13-19(15)18(14)12-16;16-14(17,18)12-5-1-10(2-6-12)9-11-3-7-13(8-4-11)15(19,20)21;1-2-4-5-3-1;;;/h7-13H,1-6H3;1-8H;1-3H,4H2;2*1H;/q-1;;-1;;;+2/p-2. The van der Waals surface area contributed by atoms with Gasteiger partial charge in [-0.1, -0.05) is 76.9 Å². The van der Waals surface area contributed by atoms with E-state index in [1.807, 2.05) is 60.7 Å².